The van der Waals surface area contributed by atoms with Crippen molar-refractivity contribution in [1.29, 1.82) is 0 Å². The van der Waals surface area contributed by atoms with Gasteiger partial charge in [0.05, 0.1) is 0 Å². The van der Waals surface area contributed by atoms with Crippen LogP contribution in [0.15, 0.2) is 48.3 Å². The zero-order valence-electron chi connectivity index (χ0n) is 11.4. The largest absolute Gasteiger partial charge is 0.381 e. The SMILES string of the molecule is FC1=CCC([C@@H]2Nc3ccccc3[C@@H]3NCC[C@@H]32)C=C1. The predicted octanol–water partition coefficient (Wildman–Crippen LogP) is 3.56. The van der Waals surface area contributed by atoms with Crippen LogP contribution in [0.5, 0.6) is 0 Å². The lowest BCUT2D eigenvalue weighted by atomic mass is 9.76. The summed E-state index contributed by atoms with van der Waals surface area (Å²) in [6, 6.07) is 9.39. The van der Waals surface area contributed by atoms with Crippen molar-refractivity contribution in [2.45, 2.75) is 24.9 Å². The van der Waals surface area contributed by atoms with E-state index in [1.807, 2.05) is 6.08 Å². The van der Waals surface area contributed by atoms with Crippen LogP contribution in [-0.4, -0.2) is 12.6 Å². The highest BCUT2D eigenvalue weighted by molar-refractivity contribution is 5.57. The van der Waals surface area contributed by atoms with Crippen LogP contribution in [-0.2, 0) is 0 Å². The molecule has 0 amide bonds. The zero-order chi connectivity index (χ0) is 13.5. The second-order valence-electron chi connectivity index (χ2n) is 5.99. The van der Waals surface area contributed by atoms with E-state index in [4.69, 9.17) is 0 Å². The van der Waals surface area contributed by atoms with Gasteiger partial charge in [-0.3, -0.25) is 0 Å². The highest BCUT2D eigenvalue weighted by Gasteiger charge is 2.41. The molecule has 2 aliphatic heterocycles. The molecule has 0 radical (unpaired) electrons. The van der Waals surface area contributed by atoms with E-state index in [-0.39, 0.29) is 5.83 Å². The molecule has 4 rings (SSSR count). The average Bonchev–Trinajstić information content (AvgIpc) is 2.97. The van der Waals surface area contributed by atoms with Crippen LogP contribution in [0.2, 0.25) is 0 Å². The van der Waals surface area contributed by atoms with Gasteiger partial charge in [-0.2, -0.15) is 0 Å². The molecule has 2 N–H and O–H groups in total. The van der Waals surface area contributed by atoms with Gasteiger partial charge in [0.1, 0.15) is 5.83 Å². The van der Waals surface area contributed by atoms with Crippen LogP contribution in [0, 0.1) is 11.8 Å². The first kappa shape index (κ1) is 12.2. The lowest BCUT2D eigenvalue weighted by Gasteiger charge is -2.40. The third-order valence-corrected chi connectivity index (χ3v) is 4.90. The maximum Gasteiger partial charge on any atom is 0.118 e. The monoisotopic (exact) mass is 270 g/mol. The summed E-state index contributed by atoms with van der Waals surface area (Å²) in [7, 11) is 0. The number of benzene rings is 1. The highest BCUT2D eigenvalue weighted by atomic mass is 19.1. The standard InChI is InChI=1S/C17H19FN2/c18-12-7-5-11(6-8-12)16-14-9-10-19-17(14)13-3-1-2-4-15(13)20-16/h1-5,7-8,11,14,16-17,19-20H,6,9-10H2/t11?,14-,16+,17+/m1/s1. The number of allylic oxidation sites excluding steroid dienone is 3. The lowest BCUT2D eigenvalue weighted by Crippen LogP contribution is -2.42. The molecular weight excluding hydrogens is 251 g/mol. The first-order valence-electron chi connectivity index (χ1n) is 7.45. The quantitative estimate of drug-likeness (QED) is 0.815. The van der Waals surface area contributed by atoms with Gasteiger partial charge in [0.15, 0.2) is 0 Å². The fourth-order valence-corrected chi connectivity index (χ4v) is 3.94. The van der Waals surface area contributed by atoms with Crippen molar-refractivity contribution in [3.63, 3.8) is 0 Å². The molecule has 2 heterocycles. The van der Waals surface area contributed by atoms with Crippen LogP contribution in [0.4, 0.5) is 10.1 Å². The van der Waals surface area contributed by atoms with Gasteiger partial charge >= 0.3 is 0 Å². The Kier molecular flexibility index (Phi) is 2.88. The third kappa shape index (κ3) is 1.88. The van der Waals surface area contributed by atoms with Gasteiger partial charge in [-0.15, -0.1) is 0 Å². The van der Waals surface area contributed by atoms with E-state index in [9.17, 15) is 4.39 Å². The normalized spacial score (nSPS) is 35.0. The molecule has 0 aromatic heterocycles. The topological polar surface area (TPSA) is 24.1 Å². The highest BCUT2D eigenvalue weighted by Crippen LogP contribution is 2.44. The number of nitrogens with one attached hydrogen (secondary N) is 2. The Morgan fingerprint density at radius 3 is 2.95 bits per heavy atom. The van der Waals surface area contributed by atoms with Crippen LogP contribution in [0.25, 0.3) is 0 Å². The third-order valence-electron chi connectivity index (χ3n) is 4.90. The minimum absolute atomic E-state index is 0.0986. The molecular formula is C17H19FN2. The van der Waals surface area contributed by atoms with Crippen LogP contribution in [0.1, 0.15) is 24.4 Å². The molecule has 1 aromatic rings. The Morgan fingerprint density at radius 1 is 1.20 bits per heavy atom. The van der Waals surface area contributed by atoms with Crippen LogP contribution >= 0.6 is 0 Å². The Labute approximate surface area is 118 Å². The molecule has 4 atom stereocenters. The average molecular weight is 270 g/mol. The molecule has 3 aliphatic rings. The summed E-state index contributed by atoms with van der Waals surface area (Å²) in [6.45, 7) is 1.07. The van der Waals surface area contributed by atoms with Crippen molar-refractivity contribution >= 4 is 5.69 Å². The summed E-state index contributed by atoms with van der Waals surface area (Å²) < 4.78 is 13.2. The maximum atomic E-state index is 13.2. The van der Waals surface area contributed by atoms with Gasteiger partial charge in [0, 0.05) is 29.6 Å². The van der Waals surface area contributed by atoms with Gasteiger partial charge in [0.25, 0.3) is 0 Å². The Bertz CT molecular complexity index is 578. The van der Waals surface area contributed by atoms with Gasteiger partial charge in [-0.25, -0.2) is 4.39 Å². The Hall–Kier alpha value is -1.61. The summed E-state index contributed by atoms with van der Waals surface area (Å²) in [5, 5.41) is 7.35. The second kappa shape index (κ2) is 4.74. The molecule has 20 heavy (non-hydrogen) atoms. The molecule has 1 aromatic carbocycles. The van der Waals surface area contributed by atoms with Crippen LogP contribution < -0.4 is 10.6 Å². The molecule has 3 heteroatoms. The van der Waals surface area contributed by atoms with E-state index >= 15 is 0 Å². The van der Waals surface area contributed by atoms with E-state index < -0.39 is 0 Å². The lowest BCUT2D eigenvalue weighted by molar-refractivity contribution is 0.326. The minimum Gasteiger partial charge on any atom is -0.381 e. The molecule has 0 bridgehead atoms. The number of rotatable bonds is 1. The van der Waals surface area contributed by atoms with Crippen molar-refractivity contribution in [2.75, 3.05) is 11.9 Å². The van der Waals surface area contributed by atoms with E-state index in [1.165, 1.54) is 17.7 Å². The number of fused-ring (bicyclic) bond motifs is 3. The number of hydrogen-bond acceptors (Lipinski definition) is 2. The Morgan fingerprint density at radius 2 is 2.10 bits per heavy atom. The van der Waals surface area contributed by atoms with E-state index in [2.05, 4.69) is 34.9 Å². The number of hydrogen-bond donors (Lipinski definition) is 2. The molecule has 1 saturated heterocycles. The summed E-state index contributed by atoms with van der Waals surface area (Å²) >= 11 is 0. The second-order valence-corrected chi connectivity index (χ2v) is 5.99. The number of para-hydroxylation sites is 1. The molecule has 104 valence electrons. The van der Waals surface area contributed by atoms with Crippen molar-refractivity contribution in [3.05, 3.63) is 53.9 Å². The fourth-order valence-electron chi connectivity index (χ4n) is 3.94. The van der Waals surface area contributed by atoms with Crippen molar-refractivity contribution in [2.24, 2.45) is 11.8 Å². The van der Waals surface area contributed by atoms with Crippen molar-refractivity contribution in [3.8, 4) is 0 Å². The molecule has 0 spiro atoms. The fraction of sp³-hybridized carbons (Fsp3) is 0.412. The van der Waals surface area contributed by atoms with Crippen molar-refractivity contribution < 1.29 is 4.39 Å². The van der Waals surface area contributed by atoms with Gasteiger partial charge in [-0.05, 0) is 43.2 Å². The molecule has 1 unspecified atom stereocenters. The smallest absolute Gasteiger partial charge is 0.118 e. The summed E-state index contributed by atoms with van der Waals surface area (Å²) in [4.78, 5) is 0. The molecule has 0 saturated carbocycles. The van der Waals surface area contributed by atoms with Gasteiger partial charge in [-0.1, -0.05) is 24.3 Å². The van der Waals surface area contributed by atoms with E-state index in [0.29, 0.717) is 23.9 Å². The summed E-state index contributed by atoms with van der Waals surface area (Å²) in [5.74, 6) is 0.878. The van der Waals surface area contributed by atoms with Gasteiger partial charge < -0.3 is 10.6 Å². The maximum absolute atomic E-state index is 13.2. The van der Waals surface area contributed by atoms with E-state index in [0.717, 1.165) is 13.0 Å². The minimum atomic E-state index is -0.0986. The predicted molar refractivity (Wildman–Crippen MR) is 79.1 cm³/mol. The van der Waals surface area contributed by atoms with E-state index in [1.54, 1.807) is 12.2 Å². The summed E-state index contributed by atoms with van der Waals surface area (Å²) in [6.07, 6.45) is 7.35. The molecule has 2 nitrogen and oxygen atoms in total. The number of anilines is 1. The summed E-state index contributed by atoms with van der Waals surface area (Å²) in [5.41, 5.74) is 2.62. The zero-order valence-corrected chi connectivity index (χ0v) is 11.4. The first-order valence-corrected chi connectivity index (χ1v) is 7.45. The Balaban J connectivity index is 1.67. The molecule has 1 fully saturated rings. The molecule has 1 aliphatic carbocycles. The van der Waals surface area contributed by atoms with Crippen molar-refractivity contribution in [1.82, 2.24) is 5.32 Å². The van der Waals surface area contributed by atoms with Gasteiger partial charge in [0.2, 0.25) is 0 Å². The van der Waals surface area contributed by atoms with Crippen LogP contribution in [0.3, 0.4) is 0 Å². The number of halogens is 1. The first-order chi connectivity index (χ1) is 9.83.